The largest absolute Gasteiger partial charge is 0.465 e. The van der Waals surface area contributed by atoms with Gasteiger partial charge < -0.3 is 9.47 Å². The number of carbonyl (C=O) groups excluding carboxylic acids is 2. The lowest BCUT2D eigenvalue weighted by molar-refractivity contribution is 0.0597. The second-order valence-corrected chi connectivity index (χ2v) is 4.40. The van der Waals surface area contributed by atoms with Gasteiger partial charge in [0.25, 0.3) is 0 Å². The maximum atomic E-state index is 11.9. The van der Waals surface area contributed by atoms with E-state index in [0.717, 1.165) is 30.4 Å². The Morgan fingerprint density at radius 2 is 1.78 bits per heavy atom. The summed E-state index contributed by atoms with van der Waals surface area (Å²) in [4.78, 5) is 23.6. The maximum absolute atomic E-state index is 11.9. The lowest BCUT2D eigenvalue weighted by Crippen LogP contribution is -2.14. The van der Waals surface area contributed by atoms with Crippen LogP contribution in [0, 0.1) is 6.92 Å². The van der Waals surface area contributed by atoms with Crippen LogP contribution in [0.5, 0.6) is 0 Å². The van der Waals surface area contributed by atoms with Crippen molar-refractivity contribution in [2.45, 2.75) is 26.2 Å². The molecule has 0 amide bonds. The van der Waals surface area contributed by atoms with Crippen molar-refractivity contribution in [2.75, 3.05) is 14.2 Å². The van der Waals surface area contributed by atoms with E-state index in [1.165, 1.54) is 14.2 Å². The first-order valence-corrected chi connectivity index (χ1v) is 5.92. The van der Waals surface area contributed by atoms with Gasteiger partial charge in [-0.1, -0.05) is 0 Å². The average Bonchev–Trinajstić information content (AvgIpc) is 2.84. The molecule has 0 N–H and O–H groups in total. The van der Waals surface area contributed by atoms with Crippen molar-refractivity contribution in [1.29, 1.82) is 0 Å². The molecule has 1 aliphatic rings. The highest BCUT2D eigenvalue weighted by molar-refractivity contribution is 5.99. The van der Waals surface area contributed by atoms with Gasteiger partial charge in [0, 0.05) is 0 Å². The van der Waals surface area contributed by atoms with Crippen LogP contribution in [0.1, 0.15) is 43.8 Å². The summed E-state index contributed by atoms with van der Waals surface area (Å²) in [6.45, 7) is 1.76. The summed E-state index contributed by atoms with van der Waals surface area (Å²) < 4.78 is 9.57. The topological polar surface area (TPSA) is 52.6 Å². The number of fused-ring (bicyclic) bond motifs is 1. The average molecular weight is 248 g/mol. The van der Waals surface area contributed by atoms with Crippen LogP contribution in [0.4, 0.5) is 0 Å². The first kappa shape index (κ1) is 12.6. The molecular weight excluding hydrogens is 232 g/mol. The zero-order valence-corrected chi connectivity index (χ0v) is 10.8. The summed E-state index contributed by atoms with van der Waals surface area (Å²) in [7, 11) is 2.70. The SMILES string of the molecule is COC(=O)c1cc2c(c(C(=O)OC)c1C)CCC2. The predicted molar refractivity (Wildman–Crippen MR) is 65.9 cm³/mol. The quantitative estimate of drug-likeness (QED) is 0.752. The Labute approximate surface area is 106 Å². The van der Waals surface area contributed by atoms with Gasteiger partial charge in [0.2, 0.25) is 0 Å². The normalized spacial score (nSPS) is 13.1. The third-order valence-electron chi connectivity index (χ3n) is 3.45. The minimum Gasteiger partial charge on any atom is -0.465 e. The smallest absolute Gasteiger partial charge is 0.338 e. The van der Waals surface area contributed by atoms with Crippen LogP contribution < -0.4 is 0 Å². The van der Waals surface area contributed by atoms with Gasteiger partial charge in [0.15, 0.2) is 0 Å². The van der Waals surface area contributed by atoms with Crippen LogP contribution in [0.15, 0.2) is 6.07 Å². The Morgan fingerprint density at radius 3 is 2.39 bits per heavy atom. The van der Waals surface area contributed by atoms with Gasteiger partial charge in [0.05, 0.1) is 25.3 Å². The Bertz CT molecular complexity index is 517. The van der Waals surface area contributed by atoms with Crippen LogP contribution in [-0.2, 0) is 22.3 Å². The highest BCUT2D eigenvalue weighted by Gasteiger charge is 2.26. The van der Waals surface area contributed by atoms with E-state index in [1.807, 2.05) is 6.07 Å². The van der Waals surface area contributed by atoms with E-state index in [0.29, 0.717) is 16.7 Å². The number of aryl methyl sites for hydroxylation is 1. The summed E-state index contributed by atoms with van der Waals surface area (Å²) >= 11 is 0. The molecule has 0 fully saturated rings. The van der Waals surface area contributed by atoms with Crippen molar-refractivity contribution in [3.05, 3.63) is 33.9 Å². The van der Waals surface area contributed by atoms with Gasteiger partial charge >= 0.3 is 11.9 Å². The molecule has 0 spiro atoms. The van der Waals surface area contributed by atoms with Crippen LogP contribution in [0.25, 0.3) is 0 Å². The maximum Gasteiger partial charge on any atom is 0.338 e. The number of rotatable bonds is 2. The standard InChI is InChI=1S/C14H16O4/c1-8-11(13(15)17-2)7-9-5-4-6-10(9)12(8)14(16)18-3/h7H,4-6H2,1-3H3. The van der Waals surface area contributed by atoms with E-state index >= 15 is 0 Å². The molecule has 2 rings (SSSR count). The second kappa shape index (κ2) is 4.80. The van der Waals surface area contributed by atoms with Gasteiger partial charge in [-0.15, -0.1) is 0 Å². The molecule has 0 radical (unpaired) electrons. The second-order valence-electron chi connectivity index (χ2n) is 4.40. The van der Waals surface area contributed by atoms with E-state index < -0.39 is 5.97 Å². The molecule has 96 valence electrons. The number of benzene rings is 1. The highest BCUT2D eigenvalue weighted by Crippen LogP contribution is 2.31. The summed E-state index contributed by atoms with van der Waals surface area (Å²) in [5.74, 6) is -0.788. The molecule has 4 heteroatoms. The summed E-state index contributed by atoms with van der Waals surface area (Å²) in [6, 6.07) is 1.84. The van der Waals surface area contributed by atoms with E-state index in [2.05, 4.69) is 0 Å². The lowest BCUT2D eigenvalue weighted by atomic mass is 9.93. The fourth-order valence-electron chi connectivity index (χ4n) is 2.56. The van der Waals surface area contributed by atoms with E-state index in [9.17, 15) is 9.59 Å². The van der Waals surface area contributed by atoms with Crippen molar-refractivity contribution in [3.63, 3.8) is 0 Å². The summed E-state index contributed by atoms with van der Waals surface area (Å²) in [5.41, 5.74) is 3.72. The van der Waals surface area contributed by atoms with E-state index in [-0.39, 0.29) is 5.97 Å². The fraction of sp³-hybridized carbons (Fsp3) is 0.429. The highest BCUT2D eigenvalue weighted by atomic mass is 16.5. The molecule has 0 unspecified atom stereocenters. The number of carbonyl (C=O) groups is 2. The number of hydrogen-bond donors (Lipinski definition) is 0. The third-order valence-corrected chi connectivity index (χ3v) is 3.45. The molecule has 0 bridgehead atoms. The van der Waals surface area contributed by atoms with E-state index in [4.69, 9.17) is 9.47 Å². The molecule has 0 saturated heterocycles. The Kier molecular flexibility index (Phi) is 3.36. The molecule has 0 aliphatic heterocycles. The fourth-order valence-corrected chi connectivity index (χ4v) is 2.56. The van der Waals surface area contributed by atoms with Gasteiger partial charge in [-0.3, -0.25) is 0 Å². The number of methoxy groups -OCH3 is 2. The zero-order valence-electron chi connectivity index (χ0n) is 10.8. The number of ether oxygens (including phenoxy) is 2. The minimum atomic E-state index is -0.410. The number of esters is 2. The molecule has 0 atom stereocenters. The van der Waals surface area contributed by atoms with E-state index in [1.54, 1.807) is 6.92 Å². The molecule has 0 saturated carbocycles. The summed E-state index contributed by atoms with van der Waals surface area (Å²) in [5, 5.41) is 0. The molecular formula is C14H16O4. The van der Waals surface area contributed by atoms with Crippen molar-refractivity contribution >= 4 is 11.9 Å². The molecule has 1 aromatic carbocycles. The molecule has 4 nitrogen and oxygen atoms in total. The van der Waals surface area contributed by atoms with Crippen molar-refractivity contribution < 1.29 is 19.1 Å². The van der Waals surface area contributed by atoms with Gasteiger partial charge in [-0.05, 0) is 48.9 Å². The molecule has 18 heavy (non-hydrogen) atoms. The Balaban J connectivity index is 2.66. The van der Waals surface area contributed by atoms with Crippen LogP contribution in [0.3, 0.4) is 0 Å². The third kappa shape index (κ3) is 1.88. The first-order valence-electron chi connectivity index (χ1n) is 5.92. The summed E-state index contributed by atoms with van der Waals surface area (Å²) in [6.07, 6.45) is 2.76. The minimum absolute atomic E-state index is 0.378. The van der Waals surface area contributed by atoms with Crippen LogP contribution >= 0.6 is 0 Å². The molecule has 0 heterocycles. The predicted octanol–water partition coefficient (Wildman–Crippen LogP) is 2.06. The van der Waals surface area contributed by atoms with Crippen molar-refractivity contribution in [1.82, 2.24) is 0 Å². The van der Waals surface area contributed by atoms with Crippen LogP contribution in [-0.4, -0.2) is 26.2 Å². The lowest BCUT2D eigenvalue weighted by Gasteiger charge is -2.13. The van der Waals surface area contributed by atoms with Gasteiger partial charge in [-0.2, -0.15) is 0 Å². The monoisotopic (exact) mass is 248 g/mol. The zero-order chi connectivity index (χ0) is 13.3. The van der Waals surface area contributed by atoms with Gasteiger partial charge in [0.1, 0.15) is 0 Å². The van der Waals surface area contributed by atoms with Crippen molar-refractivity contribution in [2.24, 2.45) is 0 Å². The van der Waals surface area contributed by atoms with Gasteiger partial charge in [-0.25, -0.2) is 9.59 Å². The molecule has 1 aromatic rings. The Morgan fingerprint density at radius 1 is 1.11 bits per heavy atom. The molecule has 1 aliphatic carbocycles. The Hall–Kier alpha value is -1.84. The van der Waals surface area contributed by atoms with Crippen molar-refractivity contribution in [3.8, 4) is 0 Å². The molecule has 0 aromatic heterocycles. The van der Waals surface area contributed by atoms with Crippen LogP contribution in [0.2, 0.25) is 0 Å². The first-order chi connectivity index (χ1) is 8.60. The number of hydrogen-bond acceptors (Lipinski definition) is 4.